The van der Waals surface area contributed by atoms with Crippen molar-refractivity contribution in [2.24, 2.45) is 0 Å². The van der Waals surface area contributed by atoms with E-state index in [0.717, 1.165) is 128 Å². The highest BCUT2D eigenvalue weighted by Gasteiger charge is 2.19. The first-order valence-corrected chi connectivity index (χ1v) is 28.5. The summed E-state index contributed by atoms with van der Waals surface area (Å²) in [5.41, 5.74) is 0. The molecule has 0 amide bonds. The van der Waals surface area contributed by atoms with Gasteiger partial charge in [-0.2, -0.15) is 0 Å². The molecule has 6 heteroatoms. The Morgan fingerprint density at radius 1 is 0.300 bits per heavy atom. The normalized spacial score (nSPS) is 13.0. The van der Waals surface area contributed by atoms with Gasteiger partial charge in [-0.05, 0) is 116 Å². The van der Waals surface area contributed by atoms with E-state index in [9.17, 15) is 14.4 Å². The fourth-order valence-corrected chi connectivity index (χ4v) is 7.43. The smallest absolute Gasteiger partial charge is 0.306 e. The molecule has 0 aliphatic carbocycles. The summed E-state index contributed by atoms with van der Waals surface area (Å²) in [5.74, 6) is -0.963. The van der Waals surface area contributed by atoms with Crippen molar-refractivity contribution in [1.82, 2.24) is 0 Å². The highest BCUT2D eigenvalue weighted by Crippen LogP contribution is 2.14. The number of hydrogen-bond donors (Lipinski definition) is 0. The second-order valence-electron chi connectivity index (χ2n) is 18.5. The van der Waals surface area contributed by atoms with Crippen LogP contribution in [-0.4, -0.2) is 37.2 Å². The lowest BCUT2D eigenvalue weighted by Crippen LogP contribution is -2.30. The van der Waals surface area contributed by atoms with E-state index < -0.39 is 6.10 Å². The molecular formula is C64H104O6. The number of esters is 3. The average molecular weight is 970 g/mol. The molecular weight excluding hydrogens is 865 g/mol. The standard InChI is InChI=1S/C64H104O6/c1-4-7-10-13-16-19-22-24-26-27-28-29-30-31-32-33-34-35-36-37-39-40-42-45-48-51-54-57-63(66)69-60-61(59-68-62(65)56-53-50-47-44-21-18-15-12-9-6-3)70-64(67)58-55-52-49-46-43-41-38-25-23-20-17-14-11-8-5-2/h7,10,16-17,19-20,24-26,28-29,31-32,34-35,37-39,42,45,61H,4-6,8-9,11-15,18,21-23,27,30,33,36,40-41,43-44,46-60H2,1-3H3/b10-7-,19-16-,20-17-,26-24-,29-28-,32-31-,35-34-,38-25-,39-37-,45-42-. The maximum absolute atomic E-state index is 12.8. The van der Waals surface area contributed by atoms with Crippen molar-refractivity contribution in [3.63, 3.8) is 0 Å². The van der Waals surface area contributed by atoms with Crippen LogP contribution in [-0.2, 0) is 28.6 Å². The highest BCUT2D eigenvalue weighted by molar-refractivity contribution is 5.71. The number of hydrogen-bond acceptors (Lipinski definition) is 6. The molecule has 0 aromatic rings. The zero-order chi connectivity index (χ0) is 50.7. The van der Waals surface area contributed by atoms with E-state index in [0.29, 0.717) is 25.7 Å². The maximum Gasteiger partial charge on any atom is 0.306 e. The van der Waals surface area contributed by atoms with Crippen molar-refractivity contribution in [2.75, 3.05) is 13.2 Å². The van der Waals surface area contributed by atoms with E-state index in [4.69, 9.17) is 14.2 Å². The molecule has 0 rings (SSSR count). The molecule has 0 saturated heterocycles. The number of unbranched alkanes of at least 4 members (excludes halogenated alkanes) is 19. The van der Waals surface area contributed by atoms with E-state index in [1.807, 2.05) is 0 Å². The second-order valence-corrected chi connectivity index (χ2v) is 18.5. The lowest BCUT2D eigenvalue weighted by molar-refractivity contribution is -0.167. The molecule has 0 aromatic heterocycles. The Balaban J connectivity index is 4.40. The highest BCUT2D eigenvalue weighted by atomic mass is 16.6. The fraction of sp³-hybridized carbons (Fsp3) is 0.641. The molecule has 0 heterocycles. The van der Waals surface area contributed by atoms with Crippen molar-refractivity contribution in [3.05, 3.63) is 122 Å². The van der Waals surface area contributed by atoms with Gasteiger partial charge in [0, 0.05) is 19.3 Å². The Bertz CT molecular complexity index is 1490. The number of rotatable bonds is 50. The van der Waals surface area contributed by atoms with Crippen molar-refractivity contribution in [3.8, 4) is 0 Å². The predicted molar refractivity (Wildman–Crippen MR) is 302 cm³/mol. The molecule has 0 N–H and O–H groups in total. The third-order valence-corrected chi connectivity index (χ3v) is 11.7. The first kappa shape index (κ1) is 65.8. The minimum atomic E-state index is -0.804. The van der Waals surface area contributed by atoms with Crippen LogP contribution in [0.4, 0.5) is 0 Å². The fourth-order valence-electron chi connectivity index (χ4n) is 7.43. The number of allylic oxidation sites excluding steroid dienone is 20. The van der Waals surface area contributed by atoms with Gasteiger partial charge in [0.05, 0.1) is 0 Å². The van der Waals surface area contributed by atoms with Crippen LogP contribution in [0.15, 0.2) is 122 Å². The summed E-state index contributed by atoms with van der Waals surface area (Å²) in [5, 5.41) is 0. The quantitative estimate of drug-likeness (QED) is 0.0262. The first-order chi connectivity index (χ1) is 34.5. The third-order valence-electron chi connectivity index (χ3n) is 11.7. The predicted octanol–water partition coefficient (Wildman–Crippen LogP) is 19.3. The van der Waals surface area contributed by atoms with Gasteiger partial charge in [-0.25, -0.2) is 0 Å². The lowest BCUT2D eigenvalue weighted by Gasteiger charge is -2.18. The molecule has 1 unspecified atom stereocenters. The van der Waals surface area contributed by atoms with Crippen LogP contribution in [0.2, 0.25) is 0 Å². The van der Waals surface area contributed by atoms with Crippen molar-refractivity contribution in [2.45, 2.75) is 252 Å². The minimum absolute atomic E-state index is 0.0988. The van der Waals surface area contributed by atoms with Crippen LogP contribution in [0.25, 0.3) is 0 Å². The lowest BCUT2D eigenvalue weighted by atomic mass is 10.1. The van der Waals surface area contributed by atoms with E-state index >= 15 is 0 Å². The molecule has 0 bridgehead atoms. The molecule has 1 atom stereocenters. The van der Waals surface area contributed by atoms with Crippen molar-refractivity contribution in [1.29, 1.82) is 0 Å². The van der Waals surface area contributed by atoms with Crippen molar-refractivity contribution >= 4 is 17.9 Å². The van der Waals surface area contributed by atoms with Gasteiger partial charge >= 0.3 is 17.9 Å². The summed E-state index contributed by atoms with van der Waals surface area (Å²) < 4.78 is 16.8. The van der Waals surface area contributed by atoms with Gasteiger partial charge < -0.3 is 14.2 Å². The summed E-state index contributed by atoms with van der Waals surface area (Å²) in [6.45, 7) is 6.43. The molecule has 0 aliphatic heterocycles. The van der Waals surface area contributed by atoms with Crippen molar-refractivity contribution < 1.29 is 28.6 Å². The molecule has 0 aromatic carbocycles. The van der Waals surface area contributed by atoms with E-state index in [1.54, 1.807) is 0 Å². The van der Waals surface area contributed by atoms with Crippen LogP contribution < -0.4 is 0 Å². The summed E-state index contributed by atoms with van der Waals surface area (Å²) in [7, 11) is 0. The van der Waals surface area contributed by atoms with Crippen LogP contribution in [0, 0.1) is 0 Å². The molecule has 0 saturated carbocycles. The minimum Gasteiger partial charge on any atom is -0.462 e. The summed E-state index contributed by atoms with van der Waals surface area (Å²) in [6.07, 6.45) is 79.1. The molecule has 0 spiro atoms. The average Bonchev–Trinajstić information content (AvgIpc) is 3.36. The molecule has 6 nitrogen and oxygen atoms in total. The van der Waals surface area contributed by atoms with Gasteiger partial charge in [-0.1, -0.05) is 232 Å². The second kappa shape index (κ2) is 57.4. The SMILES string of the molecule is CC/C=C\C/C=C\C/C=C\C/C=C\C/C=C\C/C=C\C/C=C\C/C=C\CCCCC(=O)OCC(COC(=O)CCCCCCCCCCCC)OC(=O)CCCCCCC/C=C\C/C=C\CCCCC. The summed E-state index contributed by atoms with van der Waals surface area (Å²) in [4.78, 5) is 38.0. The molecule has 0 fully saturated rings. The van der Waals surface area contributed by atoms with Gasteiger partial charge in [0.2, 0.25) is 0 Å². The van der Waals surface area contributed by atoms with Gasteiger partial charge in [-0.15, -0.1) is 0 Å². The Kier molecular flexibility index (Phi) is 54.0. The first-order valence-electron chi connectivity index (χ1n) is 28.5. The molecule has 70 heavy (non-hydrogen) atoms. The topological polar surface area (TPSA) is 78.9 Å². The van der Waals surface area contributed by atoms with Gasteiger partial charge in [0.1, 0.15) is 13.2 Å². The molecule has 396 valence electrons. The largest absolute Gasteiger partial charge is 0.462 e. The van der Waals surface area contributed by atoms with E-state index in [1.165, 1.54) is 70.6 Å². The summed E-state index contributed by atoms with van der Waals surface area (Å²) >= 11 is 0. The number of carbonyl (C=O) groups is 3. The Morgan fingerprint density at radius 2 is 0.557 bits per heavy atom. The Morgan fingerprint density at radius 3 is 0.929 bits per heavy atom. The van der Waals surface area contributed by atoms with Gasteiger partial charge in [-0.3, -0.25) is 14.4 Å². The van der Waals surface area contributed by atoms with Gasteiger partial charge in [0.25, 0.3) is 0 Å². The zero-order valence-electron chi connectivity index (χ0n) is 45.2. The van der Waals surface area contributed by atoms with Crippen LogP contribution in [0.5, 0.6) is 0 Å². The Labute approximate surface area is 431 Å². The number of ether oxygens (including phenoxy) is 3. The number of carbonyl (C=O) groups excluding carboxylic acids is 3. The van der Waals surface area contributed by atoms with Crippen LogP contribution in [0.1, 0.15) is 245 Å². The van der Waals surface area contributed by atoms with E-state index in [-0.39, 0.29) is 31.1 Å². The molecule has 0 radical (unpaired) electrons. The van der Waals surface area contributed by atoms with Gasteiger partial charge in [0.15, 0.2) is 6.10 Å². The maximum atomic E-state index is 12.8. The molecule has 0 aliphatic rings. The van der Waals surface area contributed by atoms with Crippen LogP contribution >= 0.6 is 0 Å². The zero-order valence-corrected chi connectivity index (χ0v) is 45.2. The Hall–Kier alpha value is -4.19. The van der Waals surface area contributed by atoms with E-state index in [2.05, 4.69) is 142 Å². The monoisotopic (exact) mass is 969 g/mol. The van der Waals surface area contributed by atoms with Crippen LogP contribution in [0.3, 0.4) is 0 Å². The summed E-state index contributed by atoms with van der Waals surface area (Å²) in [6, 6.07) is 0. The third kappa shape index (κ3) is 54.7.